The van der Waals surface area contributed by atoms with E-state index in [1.807, 2.05) is 60.5 Å². The van der Waals surface area contributed by atoms with Crippen molar-refractivity contribution in [1.82, 2.24) is 25.3 Å². The molecule has 55 heavy (non-hydrogen) atoms. The van der Waals surface area contributed by atoms with E-state index >= 15 is 0 Å². The van der Waals surface area contributed by atoms with E-state index in [-0.39, 0.29) is 66.1 Å². The van der Waals surface area contributed by atoms with Crippen LogP contribution in [0.3, 0.4) is 0 Å². The molecule has 15 nitrogen and oxygen atoms in total. The summed E-state index contributed by atoms with van der Waals surface area (Å²) in [7, 11) is 8.50. The monoisotopic (exact) mass is 773 g/mol. The third-order valence-corrected chi connectivity index (χ3v) is 11.1. The van der Waals surface area contributed by atoms with Gasteiger partial charge in [0.1, 0.15) is 11.8 Å². The maximum atomic E-state index is 14.2. The minimum absolute atomic E-state index is 0.00621. The Morgan fingerprint density at radius 3 is 2.13 bits per heavy atom. The summed E-state index contributed by atoms with van der Waals surface area (Å²) in [5, 5.41) is 19.4. The van der Waals surface area contributed by atoms with Gasteiger partial charge in [0.05, 0.1) is 42.7 Å². The third-order valence-electron chi connectivity index (χ3n) is 11.1. The summed E-state index contributed by atoms with van der Waals surface area (Å²) in [6.07, 6.45) is 1.22. The molecule has 0 bridgehead atoms. The number of ether oxygens (including phenoxy) is 2. The number of hydrogen-bond donors (Lipinski definition) is 3. The van der Waals surface area contributed by atoms with Crippen LogP contribution in [-0.4, -0.2) is 134 Å². The number of phenolic OH excluding ortho intramolecular Hbond substituents is 1. The van der Waals surface area contributed by atoms with Crippen LogP contribution >= 0.6 is 0 Å². The van der Waals surface area contributed by atoms with Crippen LogP contribution in [0.1, 0.15) is 79.7 Å². The SMILES string of the molecule is CC[C@H](C)[C@@H]([C@@H](CC(=O)N1CCC[C@H]1[C@H](OC)[C@@H](C)C(=O)N[C@H](CN=[N+]=[N-])Cc1ccc(O)cc1)OC)N(C)C(=O)[C@@H](NC(=O)[C@H](C(C)C)N(C)C)C(C)C. The van der Waals surface area contributed by atoms with Crippen LogP contribution in [0.5, 0.6) is 5.75 Å². The van der Waals surface area contributed by atoms with Crippen molar-refractivity contribution in [2.24, 2.45) is 28.8 Å². The smallest absolute Gasteiger partial charge is 0.245 e. The standard InChI is InChI=1S/C40H68N8O7/c1-13-26(6)36(47(10)40(53)34(24(2)3)44-39(52)35(25(4)5)46(8)9)32(54-11)22-33(50)48-20-14-15-31(48)37(55-12)27(7)38(51)43-29(23-42-45-41)21-28-16-18-30(49)19-17-28/h16-19,24-27,29,31-32,34-37,49H,13-15,20-23H2,1-12H3,(H,43,51)(H,44,52)/t26-,27+,29-,31-,32+,34-,35-,36-,37+/m0/s1. The molecule has 0 saturated carbocycles. The number of benzene rings is 1. The number of phenols is 1. The predicted octanol–water partition coefficient (Wildman–Crippen LogP) is 4.38. The summed E-state index contributed by atoms with van der Waals surface area (Å²) in [5.74, 6) is -1.63. The summed E-state index contributed by atoms with van der Waals surface area (Å²) < 4.78 is 12.0. The Morgan fingerprint density at radius 2 is 1.62 bits per heavy atom. The van der Waals surface area contributed by atoms with Gasteiger partial charge in [-0.05, 0) is 74.3 Å². The van der Waals surface area contributed by atoms with E-state index in [1.54, 1.807) is 55.1 Å². The van der Waals surface area contributed by atoms with Crippen molar-refractivity contribution >= 4 is 23.6 Å². The average Bonchev–Trinajstić information content (AvgIpc) is 3.62. The van der Waals surface area contributed by atoms with E-state index < -0.39 is 42.3 Å². The second-order valence-electron chi connectivity index (χ2n) is 16.0. The molecule has 1 aromatic carbocycles. The fourth-order valence-electron chi connectivity index (χ4n) is 7.96. The van der Waals surface area contributed by atoms with Crippen molar-refractivity contribution in [1.29, 1.82) is 0 Å². The van der Waals surface area contributed by atoms with Gasteiger partial charge in [0, 0.05) is 45.3 Å². The van der Waals surface area contributed by atoms with Gasteiger partial charge in [0.15, 0.2) is 0 Å². The first-order valence-corrected chi connectivity index (χ1v) is 19.6. The molecule has 15 heteroatoms. The quantitative estimate of drug-likeness (QED) is 0.0880. The number of hydrogen-bond acceptors (Lipinski definition) is 9. The molecule has 1 fully saturated rings. The first-order chi connectivity index (χ1) is 25.9. The first kappa shape index (κ1) is 47.2. The lowest BCUT2D eigenvalue weighted by atomic mass is 9.89. The molecule has 0 spiro atoms. The number of rotatable bonds is 22. The Balaban J connectivity index is 2.28. The van der Waals surface area contributed by atoms with Gasteiger partial charge in [-0.3, -0.25) is 24.1 Å². The molecule has 0 aliphatic carbocycles. The first-order valence-electron chi connectivity index (χ1n) is 19.6. The minimum atomic E-state index is -0.774. The van der Waals surface area contributed by atoms with Gasteiger partial charge in [-0.1, -0.05) is 72.1 Å². The number of methoxy groups -OCH3 is 2. The van der Waals surface area contributed by atoms with E-state index in [4.69, 9.17) is 15.0 Å². The van der Waals surface area contributed by atoms with Crippen LogP contribution in [0.4, 0.5) is 0 Å². The Bertz CT molecular complexity index is 1430. The number of azide groups is 1. The fraction of sp³-hybridized carbons (Fsp3) is 0.750. The van der Waals surface area contributed by atoms with E-state index in [0.29, 0.717) is 19.4 Å². The molecule has 310 valence electrons. The van der Waals surface area contributed by atoms with Crippen molar-refractivity contribution in [2.75, 3.05) is 48.5 Å². The second-order valence-corrected chi connectivity index (χ2v) is 16.0. The zero-order chi connectivity index (χ0) is 41.6. The molecule has 0 unspecified atom stereocenters. The lowest BCUT2D eigenvalue weighted by Crippen LogP contribution is -2.59. The van der Waals surface area contributed by atoms with Crippen LogP contribution < -0.4 is 10.6 Å². The molecular weight excluding hydrogens is 704 g/mol. The fourth-order valence-corrected chi connectivity index (χ4v) is 7.96. The molecule has 0 radical (unpaired) electrons. The van der Waals surface area contributed by atoms with Crippen molar-refractivity contribution in [2.45, 2.75) is 123 Å². The molecule has 1 aliphatic heterocycles. The highest BCUT2D eigenvalue weighted by Crippen LogP contribution is 2.30. The maximum Gasteiger partial charge on any atom is 0.245 e. The van der Waals surface area contributed by atoms with Gasteiger partial charge < -0.3 is 35.0 Å². The summed E-state index contributed by atoms with van der Waals surface area (Å²) in [6, 6.07) is 4.08. The summed E-state index contributed by atoms with van der Waals surface area (Å²) in [6.45, 7) is 14.1. The Morgan fingerprint density at radius 1 is 0.982 bits per heavy atom. The second kappa shape index (κ2) is 22.6. The molecule has 1 heterocycles. The Hall–Kier alpha value is -3.91. The molecule has 1 saturated heterocycles. The van der Waals surface area contributed by atoms with E-state index in [1.165, 1.54) is 7.11 Å². The number of aromatic hydroxyl groups is 1. The van der Waals surface area contributed by atoms with E-state index in [0.717, 1.165) is 18.4 Å². The lowest BCUT2D eigenvalue weighted by molar-refractivity contribution is -0.148. The van der Waals surface area contributed by atoms with Crippen LogP contribution in [0.2, 0.25) is 0 Å². The number of likely N-dealkylation sites (tertiary alicyclic amines) is 1. The molecule has 1 aromatic rings. The Kier molecular flexibility index (Phi) is 19.4. The number of carbonyl (C=O) groups is 4. The minimum Gasteiger partial charge on any atom is -0.508 e. The van der Waals surface area contributed by atoms with E-state index in [9.17, 15) is 24.3 Å². The molecule has 3 N–H and O–H groups in total. The number of likely N-dealkylation sites (N-methyl/N-ethyl adjacent to an activating group) is 2. The summed E-state index contributed by atoms with van der Waals surface area (Å²) in [4.78, 5) is 63.7. The van der Waals surface area contributed by atoms with Crippen LogP contribution in [-0.2, 0) is 35.1 Å². The summed E-state index contributed by atoms with van der Waals surface area (Å²) >= 11 is 0. The number of carbonyl (C=O) groups excluding carboxylic acids is 4. The van der Waals surface area contributed by atoms with Gasteiger partial charge in [0.25, 0.3) is 0 Å². The number of amides is 4. The van der Waals surface area contributed by atoms with Crippen molar-refractivity contribution in [3.8, 4) is 5.75 Å². The number of nitrogens with one attached hydrogen (secondary N) is 2. The highest BCUT2D eigenvalue weighted by atomic mass is 16.5. The molecule has 9 atom stereocenters. The lowest BCUT2D eigenvalue weighted by Gasteiger charge is -2.41. The highest BCUT2D eigenvalue weighted by Gasteiger charge is 2.43. The van der Waals surface area contributed by atoms with Crippen molar-refractivity contribution in [3.05, 3.63) is 40.3 Å². The molecule has 2 rings (SSSR count). The van der Waals surface area contributed by atoms with Crippen molar-refractivity contribution < 1.29 is 33.8 Å². The molecule has 4 amide bonds. The number of nitrogens with zero attached hydrogens (tertiary/aromatic N) is 6. The van der Waals surface area contributed by atoms with E-state index in [2.05, 4.69) is 20.7 Å². The highest BCUT2D eigenvalue weighted by molar-refractivity contribution is 5.90. The van der Waals surface area contributed by atoms with Crippen LogP contribution in [0.15, 0.2) is 29.4 Å². The van der Waals surface area contributed by atoms with Crippen LogP contribution in [0, 0.1) is 23.7 Å². The maximum absolute atomic E-state index is 14.2. The Labute approximate surface area is 328 Å². The normalized spacial score (nSPS) is 18.8. The molecule has 0 aromatic heterocycles. The van der Waals surface area contributed by atoms with Crippen LogP contribution in [0.25, 0.3) is 10.4 Å². The predicted molar refractivity (Wildman–Crippen MR) is 213 cm³/mol. The average molecular weight is 773 g/mol. The van der Waals surface area contributed by atoms with Gasteiger partial charge >= 0.3 is 0 Å². The van der Waals surface area contributed by atoms with Crippen molar-refractivity contribution in [3.63, 3.8) is 0 Å². The molecular formula is C40H68N8O7. The third kappa shape index (κ3) is 13.1. The van der Waals surface area contributed by atoms with Gasteiger partial charge in [0.2, 0.25) is 23.6 Å². The van der Waals surface area contributed by atoms with Gasteiger partial charge in [-0.25, -0.2) is 0 Å². The zero-order valence-electron chi connectivity index (χ0n) is 35.2. The topological polar surface area (TPSA) is 190 Å². The zero-order valence-corrected chi connectivity index (χ0v) is 35.2. The molecule has 1 aliphatic rings. The largest absolute Gasteiger partial charge is 0.508 e. The summed E-state index contributed by atoms with van der Waals surface area (Å²) in [5.41, 5.74) is 9.82. The van der Waals surface area contributed by atoms with Gasteiger partial charge in [-0.15, -0.1) is 0 Å². The van der Waals surface area contributed by atoms with Gasteiger partial charge in [-0.2, -0.15) is 0 Å².